The van der Waals surface area contributed by atoms with E-state index in [1.54, 1.807) is 4.90 Å². The molecule has 7 nitrogen and oxygen atoms in total. The van der Waals surface area contributed by atoms with Crippen LogP contribution in [0.15, 0.2) is 0 Å². The maximum Gasteiger partial charge on any atom is 0.490 e. The first-order valence-corrected chi connectivity index (χ1v) is 10.6. The van der Waals surface area contributed by atoms with E-state index in [-0.39, 0.29) is 17.8 Å². The Bertz CT molecular complexity index is 683. The van der Waals surface area contributed by atoms with Crippen LogP contribution >= 0.6 is 0 Å². The van der Waals surface area contributed by atoms with E-state index in [4.69, 9.17) is 14.6 Å². The zero-order valence-electron chi connectivity index (χ0n) is 17.8. The molecule has 2 aliphatic heterocycles. The number of halogens is 4. The Morgan fingerprint density at radius 1 is 1.10 bits per heavy atom. The van der Waals surface area contributed by atoms with Gasteiger partial charge in [0.15, 0.2) is 5.67 Å². The van der Waals surface area contributed by atoms with Crippen LogP contribution in [0, 0.1) is 11.3 Å². The number of carboxylic acid groups (broad SMARTS) is 1. The summed E-state index contributed by atoms with van der Waals surface area (Å²) in [6.45, 7) is 7.64. The molecule has 31 heavy (non-hydrogen) atoms. The third-order valence-electron chi connectivity index (χ3n) is 6.45. The van der Waals surface area contributed by atoms with E-state index in [0.717, 1.165) is 32.4 Å². The predicted octanol–water partition coefficient (Wildman–Crippen LogP) is 2.64. The summed E-state index contributed by atoms with van der Waals surface area (Å²) in [6, 6.07) is 0. The highest BCUT2D eigenvalue weighted by atomic mass is 19.4. The maximum absolute atomic E-state index is 14.6. The second-order valence-corrected chi connectivity index (χ2v) is 8.38. The fourth-order valence-electron chi connectivity index (χ4n) is 4.56. The Morgan fingerprint density at radius 2 is 1.71 bits per heavy atom. The van der Waals surface area contributed by atoms with Crippen LogP contribution in [0.1, 0.15) is 46.0 Å². The molecule has 3 aliphatic rings. The highest BCUT2D eigenvalue weighted by Crippen LogP contribution is 2.45. The van der Waals surface area contributed by atoms with Crippen molar-refractivity contribution in [2.45, 2.75) is 57.8 Å². The number of esters is 1. The second kappa shape index (κ2) is 9.70. The lowest BCUT2D eigenvalue weighted by molar-refractivity contribution is -0.192. The Balaban J connectivity index is 0.000000423. The van der Waals surface area contributed by atoms with Gasteiger partial charge in [0.05, 0.1) is 12.0 Å². The van der Waals surface area contributed by atoms with Gasteiger partial charge in [-0.3, -0.25) is 9.59 Å². The molecule has 2 heterocycles. The van der Waals surface area contributed by atoms with Crippen molar-refractivity contribution in [3.8, 4) is 0 Å². The number of ether oxygens (including phenoxy) is 1. The van der Waals surface area contributed by atoms with E-state index >= 15 is 0 Å². The van der Waals surface area contributed by atoms with Gasteiger partial charge in [-0.2, -0.15) is 13.2 Å². The van der Waals surface area contributed by atoms with E-state index in [9.17, 15) is 27.2 Å². The van der Waals surface area contributed by atoms with Gasteiger partial charge in [0.25, 0.3) is 5.91 Å². The molecule has 2 saturated heterocycles. The van der Waals surface area contributed by atoms with Gasteiger partial charge in [0.2, 0.25) is 0 Å². The molecule has 0 aromatic heterocycles. The Hall–Kier alpha value is -1.91. The van der Waals surface area contributed by atoms with Gasteiger partial charge >= 0.3 is 18.1 Å². The summed E-state index contributed by atoms with van der Waals surface area (Å²) in [5, 5.41) is 7.12. The van der Waals surface area contributed by atoms with Crippen molar-refractivity contribution in [2.75, 3.05) is 39.3 Å². The fourth-order valence-corrected chi connectivity index (χ4v) is 4.56. The minimum absolute atomic E-state index is 0.0339. The molecule has 3 rings (SSSR count). The van der Waals surface area contributed by atoms with Gasteiger partial charge < -0.3 is 19.6 Å². The summed E-state index contributed by atoms with van der Waals surface area (Å²) in [5.74, 6) is -3.22. The first kappa shape index (κ1) is 25.4. The lowest BCUT2D eigenvalue weighted by Crippen LogP contribution is -2.52. The molecule has 11 heteroatoms. The number of likely N-dealkylation sites (tertiary alicyclic amines) is 2. The number of carbonyl (C=O) groups excluding carboxylic acids is 2. The van der Waals surface area contributed by atoms with Crippen LogP contribution in [0.2, 0.25) is 0 Å². The highest BCUT2D eigenvalue weighted by Gasteiger charge is 2.55. The molecule has 1 aliphatic carbocycles. The molecule has 0 bridgehead atoms. The molecule has 0 unspecified atom stereocenters. The molecule has 178 valence electrons. The lowest BCUT2D eigenvalue weighted by Gasteiger charge is -2.38. The monoisotopic (exact) mass is 454 g/mol. The smallest absolute Gasteiger partial charge is 0.475 e. The average molecular weight is 454 g/mol. The number of nitrogens with zero attached hydrogens (tertiary/aromatic N) is 2. The molecular formula is C20H30F4N2O5. The van der Waals surface area contributed by atoms with Gasteiger partial charge in [-0.05, 0) is 45.6 Å². The van der Waals surface area contributed by atoms with Gasteiger partial charge in [0, 0.05) is 32.1 Å². The quantitative estimate of drug-likeness (QED) is 0.519. The molecule has 3 fully saturated rings. The van der Waals surface area contributed by atoms with Crippen LogP contribution in [0.4, 0.5) is 17.6 Å². The van der Waals surface area contributed by atoms with Crippen LogP contribution in [-0.4, -0.2) is 83.9 Å². The van der Waals surface area contributed by atoms with Crippen molar-refractivity contribution in [3.63, 3.8) is 0 Å². The fraction of sp³-hybridized carbons (Fsp3) is 0.850. The van der Waals surface area contributed by atoms with Crippen molar-refractivity contribution in [3.05, 3.63) is 0 Å². The number of alkyl halides is 4. The van der Waals surface area contributed by atoms with Gasteiger partial charge in [-0.15, -0.1) is 0 Å². The minimum atomic E-state index is -5.08. The zero-order chi connectivity index (χ0) is 23.4. The van der Waals surface area contributed by atoms with E-state index < -0.39 is 23.2 Å². The summed E-state index contributed by atoms with van der Waals surface area (Å²) in [7, 11) is 0. The third kappa shape index (κ3) is 5.48. The van der Waals surface area contributed by atoms with Crippen molar-refractivity contribution in [1.29, 1.82) is 0 Å². The van der Waals surface area contributed by atoms with Crippen molar-refractivity contribution in [2.24, 2.45) is 11.3 Å². The van der Waals surface area contributed by atoms with Crippen molar-refractivity contribution < 1.29 is 41.8 Å². The molecule has 0 aromatic rings. The molecule has 1 N–H and O–H groups in total. The molecule has 0 radical (unpaired) electrons. The van der Waals surface area contributed by atoms with Crippen molar-refractivity contribution in [1.82, 2.24) is 9.80 Å². The summed E-state index contributed by atoms with van der Waals surface area (Å²) >= 11 is 0. The normalized spacial score (nSPS) is 27.8. The SMILES string of the molecule is CCOC(=O)[C@]12CCCN(C(=O)C3(F)CCC3)C[C@H]1CN(CC)C2.O=C(O)C(F)(F)F. The minimum Gasteiger partial charge on any atom is -0.475 e. The Morgan fingerprint density at radius 3 is 2.16 bits per heavy atom. The largest absolute Gasteiger partial charge is 0.490 e. The summed E-state index contributed by atoms with van der Waals surface area (Å²) in [5.41, 5.74) is -2.19. The molecular weight excluding hydrogens is 424 g/mol. The number of hydrogen-bond acceptors (Lipinski definition) is 5. The molecule has 0 aromatic carbocycles. The van der Waals surface area contributed by atoms with E-state index in [0.29, 0.717) is 39.1 Å². The summed E-state index contributed by atoms with van der Waals surface area (Å²) < 4.78 is 51.7. The van der Waals surface area contributed by atoms with Crippen LogP contribution < -0.4 is 0 Å². The highest BCUT2D eigenvalue weighted by molar-refractivity contribution is 5.86. The third-order valence-corrected chi connectivity index (χ3v) is 6.45. The summed E-state index contributed by atoms with van der Waals surface area (Å²) in [6.07, 6.45) is -2.16. The van der Waals surface area contributed by atoms with Gasteiger partial charge in [-0.1, -0.05) is 6.92 Å². The lowest BCUT2D eigenvalue weighted by atomic mass is 9.75. The van der Waals surface area contributed by atoms with E-state index in [2.05, 4.69) is 11.8 Å². The predicted molar refractivity (Wildman–Crippen MR) is 102 cm³/mol. The molecule has 0 spiro atoms. The first-order chi connectivity index (χ1) is 14.4. The van der Waals surface area contributed by atoms with E-state index in [1.807, 2.05) is 6.92 Å². The number of amides is 1. The van der Waals surface area contributed by atoms with Crippen LogP contribution in [-0.2, 0) is 19.1 Å². The number of fused-ring (bicyclic) bond motifs is 1. The van der Waals surface area contributed by atoms with Crippen LogP contribution in [0.3, 0.4) is 0 Å². The van der Waals surface area contributed by atoms with Crippen molar-refractivity contribution >= 4 is 17.8 Å². The first-order valence-electron chi connectivity index (χ1n) is 10.6. The number of carbonyl (C=O) groups is 3. The van der Waals surface area contributed by atoms with E-state index in [1.165, 1.54) is 0 Å². The zero-order valence-corrected chi connectivity index (χ0v) is 17.8. The van der Waals surface area contributed by atoms with Crippen LogP contribution in [0.25, 0.3) is 0 Å². The Kier molecular flexibility index (Phi) is 7.94. The number of carboxylic acids is 1. The maximum atomic E-state index is 14.6. The van der Waals surface area contributed by atoms with Gasteiger partial charge in [0.1, 0.15) is 0 Å². The number of rotatable bonds is 4. The summed E-state index contributed by atoms with van der Waals surface area (Å²) in [4.78, 5) is 38.2. The number of aliphatic carboxylic acids is 1. The van der Waals surface area contributed by atoms with Crippen LogP contribution in [0.5, 0.6) is 0 Å². The number of hydrogen-bond donors (Lipinski definition) is 1. The van der Waals surface area contributed by atoms with Gasteiger partial charge in [-0.25, -0.2) is 9.18 Å². The average Bonchev–Trinajstić information content (AvgIpc) is 2.93. The second-order valence-electron chi connectivity index (χ2n) is 8.38. The molecule has 1 amide bonds. The molecule has 2 atom stereocenters. The topological polar surface area (TPSA) is 87.2 Å². The standard InChI is InChI=1S/C18H29FN2O3.C2HF3O2/c1-3-20-11-14-12-21(15(22)18(19)8-5-9-18)10-6-7-17(14,13-20)16(23)24-4-2;3-2(4,5)1(6)7/h14H,3-13H2,1-2H3;(H,6,7)/t14-,17+;/m1./s1. The molecule has 1 saturated carbocycles. The Labute approximate surface area is 178 Å².